The summed E-state index contributed by atoms with van der Waals surface area (Å²) < 4.78 is 42.0. The van der Waals surface area contributed by atoms with Crippen molar-refractivity contribution in [2.45, 2.75) is 63.5 Å². The number of carbonyl (C=O) groups excluding carboxylic acids is 1. The topological polar surface area (TPSA) is 47.6 Å². The SMILES string of the molecule is COC[C@H](N[C@]1(C(=O)OCC[Si](C)(C)C)C(C)(C)C=CCC1(F)F)c1ccccc1. The van der Waals surface area contributed by atoms with Crippen molar-refractivity contribution in [3.8, 4) is 0 Å². The lowest BCUT2D eigenvalue weighted by Gasteiger charge is -2.51. The van der Waals surface area contributed by atoms with E-state index in [0.29, 0.717) is 0 Å². The van der Waals surface area contributed by atoms with Crippen LogP contribution in [0.5, 0.6) is 0 Å². The van der Waals surface area contributed by atoms with Gasteiger partial charge >= 0.3 is 5.97 Å². The maximum Gasteiger partial charge on any atom is 0.333 e. The van der Waals surface area contributed by atoms with E-state index in [4.69, 9.17) is 9.47 Å². The molecule has 0 amide bonds. The molecule has 0 saturated heterocycles. The van der Waals surface area contributed by atoms with Gasteiger partial charge in [0.05, 0.1) is 19.3 Å². The summed E-state index contributed by atoms with van der Waals surface area (Å²) in [5, 5.41) is 3.03. The van der Waals surface area contributed by atoms with Gasteiger partial charge in [-0.25, -0.2) is 13.6 Å². The van der Waals surface area contributed by atoms with Gasteiger partial charge in [0.2, 0.25) is 0 Å². The Kier molecular flexibility index (Phi) is 7.64. The van der Waals surface area contributed by atoms with Gasteiger partial charge in [0.1, 0.15) is 0 Å². The molecule has 0 saturated carbocycles. The van der Waals surface area contributed by atoms with Gasteiger partial charge in [0.25, 0.3) is 5.92 Å². The van der Waals surface area contributed by atoms with Crippen LogP contribution in [0.2, 0.25) is 25.7 Å². The van der Waals surface area contributed by atoms with E-state index < -0.39 is 43.4 Å². The molecule has 0 unspecified atom stereocenters. The van der Waals surface area contributed by atoms with Crippen LogP contribution >= 0.6 is 0 Å². The molecule has 0 aromatic heterocycles. The number of alkyl halides is 2. The molecule has 168 valence electrons. The van der Waals surface area contributed by atoms with E-state index >= 15 is 8.78 Å². The summed E-state index contributed by atoms with van der Waals surface area (Å²) in [6, 6.07) is 9.32. The molecule has 1 aliphatic rings. The fourth-order valence-corrected chi connectivity index (χ4v) is 4.62. The molecular weight excluding hydrogens is 404 g/mol. The minimum absolute atomic E-state index is 0.143. The first-order valence-electron chi connectivity index (χ1n) is 10.4. The second kappa shape index (κ2) is 9.28. The lowest BCUT2D eigenvalue weighted by atomic mass is 9.63. The first-order valence-corrected chi connectivity index (χ1v) is 14.1. The molecule has 1 aromatic rings. The van der Waals surface area contributed by atoms with Gasteiger partial charge in [-0.2, -0.15) is 0 Å². The van der Waals surface area contributed by atoms with Crippen LogP contribution in [0.25, 0.3) is 0 Å². The van der Waals surface area contributed by atoms with Gasteiger partial charge in [0.15, 0.2) is 5.54 Å². The van der Waals surface area contributed by atoms with Crippen LogP contribution < -0.4 is 5.32 Å². The molecule has 2 atom stereocenters. The van der Waals surface area contributed by atoms with Crippen molar-refractivity contribution >= 4 is 14.0 Å². The molecule has 0 aliphatic heterocycles. The zero-order valence-corrected chi connectivity index (χ0v) is 19.9. The van der Waals surface area contributed by atoms with E-state index in [2.05, 4.69) is 25.0 Å². The molecule has 0 fully saturated rings. The van der Waals surface area contributed by atoms with Crippen LogP contribution in [-0.2, 0) is 14.3 Å². The number of methoxy groups -OCH3 is 1. The summed E-state index contributed by atoms with van der Waals surface area (Å²) in [5.74, 6) is -4.24. The highest BCUT2D eigenvalue weighted by Crippen LogP contribution is 2.50. The largest absolute Gasteiger partial charge is 0.464 e. The number of allylic oxidation sites excluding steroid dienone is 1. The Balaban J connectivity index is 2.47. The van der Waals surface area contributed by atoms with E-state index in [1.165, 1.54) is 13.2 Å². The van der Waals surface area contributed by atoms with Crippen molar-refractivity contribution in [2.75, 3.05) is 20.3 Å². The second-order valence-corrected chi connectivity index (χ2v) is 15.4. The lowest BCUT2D eigenvalue weighted by molar-refractivity contribution is -0.189. The van der Waals surface area contributed by atoms with E-state index in [1.807, 2.05) is 30.3 Å². The Hall–Kier alpha value is -1.57. The van der Waals surface area contributed by atoms with E-state index in [0.717, 1.165) is 11.6 Å². The second-order valence-electron chi connectivity index (χ2n) is 9.79. The Morgan fingerprint density at radius 1 is 1.20 bits per heavy atom. The van der Waals surface area contributed by atoms with Crippen LogP contribution in [0.1, 0.15) is 31.9 Å². The summed E-state index contributed by atoms with van der Waals surface area (Å²) in [6.45, 7) is 10.1. The van der Waals surface area contributed by atoms with Crippen LogP contribution in [0.4, 0.5) is 8.78 Å². The molecule has 1 N–H and O–H groups in total. The molecule has 7 heteroatoms. The standard InChI is InChI=1S/C23H35F2NO3Si/c1-21(2)13-10-14-22(24,25)23(21,20(27)29-15-16-30(4,5)6)26-19(17-28-3)18-11-8-7-9-12-18/h7-13,19,26H,14-17H2,1-6H3/t19-,23+/m0/s1. The zero-order valence-electron chi connectivity index (χ0n) is 18.9. The molecule has 2 rings (SSSR count). The van der Waals surface area contributed by atoms with Crippen LogP contribution in [0, 0.1) is 5.41 Å². The predicted molar refractivity (Wildman–Crippen MR) is 119 cm³/mol. The molecule has 30 heavy (non-hydrogen) atoms. The average molecular weight is 440 g/mol. The maximum absolute atomic E-state index is 15.6. The molecule has 0 heterocycles. The Morgan fingerprint density at radius 3 is 2.37 bits per heavy atom. The number of esters is 1. The highest BCUT2D eigenvalue weighted by molar-refractivity contribution is 6.76. The van der Waals surface area contributed by atoms with Crippen LogP contribution in [0.15, 0.2) is 42.5 Å². The first kappa shape index (κ1) is 24.7. The average Bonchev–Trinajstić information content (AvgIpc) is 2.63. The van der Waals surface area contributed by atoms with E-state index in [1.54, 1.807) is 19.9 Å². The van der Waals surface area contributed by atoms with Crippen molar-refractivity contribution in [2.24, 2.45) is 5.41 Å². The zero-order chi connectivity index (χ0) is 22.6. The third kappa shape index (κ3) is 5.18. The van der Waals surface area contributed by atoms with Crippen molar-refractivity contribution in [3.63, 3.8) is 0 Å². The highest BCUT2D eigenvalue weighted by atomic mass is 28.3. The number of ether oxygens (including phenoxy) is 2. The third-order valence-electron chi connectivity index (χ3n) is 5.74. The van der Waals surface area contributed by atoms with E-state index in [9.17, 15) is 4.79 Å². The number of hydrogen-bond donors (Lipinski definition) is 1. The summed E-state index contributed by atoms with van der Waals surface area (Å²) in [5.41, 5.74) is -2.62. The fourth-order valence-electron chi connectivity index (χ4n) is 3.91. The summed E-state index contributed by atoms with van der Waals surface area (Å²) in [4.78, 5) is 13.4. The highest BCUT2D eigenvalue weighted by Gasteiger charge is 2.68. The van der Waals surface area contributed by atoms with Crippen LogP contribution in [-0.4, -0.2) is 45.8 Å². The quantitative estimate of drug-likeness (QED) is 0.326. The number of halogens is 2. The minimum Gasteiger partial charge on any atom is -0.464 e. The Labute approximate surface area is 180 Å². The summed E-state index contributed by atoms with van der Waals surface area (Å²) in [6.07, 6.45) is 2.61. The number of rotatable bonds is 9. The van der Waals surface area contributed by atoms with Gasteiger partial charge in [-0.15, -0.1) is 0 Å². The molecule has 1 aromatic carbocycles. The summed E-state index contributed by atoms with van der Waals surface area (Å²) >= 11 is 0. The molecule has 0 spiro atoms. The molecule has 1 aliphatic carbocycles. The molecule has 0 bridgehead atoms. The predicted octanol–water partition coefficient (Wildman–Crippen LogP) is 5.21. The van der Waals surface area contributed by atoms with Crippen molar-refractivity contribution in [1.82, 2.24) is 5.32 Å². The minimum atomic E-state index is -3.33. The monoisotopic (exact) mass is 439 g/mol. The van der Waals surface area contributed by atoms with Crippen molar-refractivity contribution in [3.05, 3.63) is 48.0 Å². The maximum atomic E-state index is 15.6. The third-order valence-corrected chi connectivity index (χ3v) is 7.45. The lowest BCUT2D eigenvalue weighted by Crippen LogP contribution is -2.73. The molecule has 4 nitrogen and oxygen atoms in total. The first-order chi connectivity index (χ1) is 13.9. The van der Waals surface area contributed by atoms with Gasteiger partial charge in [-0.3, -0.25) is 5.32 Å². The number of hydrogen-bond acceptors (Lipinski definition) is 4. The van der Waals surface area contributed by atoms with E-state index in [-0.39, 0.29) is 13.2 Å². The number of carbonyl (C=O) groups is 1. The summed E-state index contributed by atoms with van der Waals surface area (Å²) in [7, 11) is 0.0288. The molecule has 0 radical (unpaired) electrons. The number of benzene rings is 1. The Bertz CT molecular complexity index is 747. The molecular formula is C23H35F2NO3Si. The number of nitrogens with one attached hydrogen (secondary N) is 1. The van der Waals surface area contributed by atoms with Crippen molar-refractivity contribution in [1.29, 1.82) is 0 Å². The smallest absolute Gasteiger partial charge is 0.333 e. The van der Waals surface area contributed by atoms with Crippen LogP contribution in [0.3, 0.4) is 0 Å². The fraction of sp³-hybridized carbons (Fsp3) is 0.609. The van der Waals surface area contributed by atoms with Gasteiger partial charge in [0, 0.05) is 27.0 Å². The normalized spacial score (nSPS) is 23.7. The van der Waals surface area contributed by atoms with Crippen molar-refractivity contribution < 1.29 is 23.0 Å². The van der Waals surface area contributed by atoms with Gasteiger partial charge in [-0.1, -0.05) is 76.0 Å². The van der Waals surface area contributed by atoms with Gasteiger partial charge < -0.3 is 9.47 Å². The van der Waals surface area contributed by atoms with Gasteiger partial charge in [-0.05, 0) is 11.6 Å². The Morgan fingerprint density at radius 2 is 1.83 bits per heavy atom.